The van der Waals surface area contributed by atoms with Crippen molar-refractivity contribution in [1.29, 1.82) is 0 Å². The Morgan fingerprint density at radius 2 is 1.95 bits per heavy atom. The van der Waals surface area contributed by atoms with Gasteiger partial charge >= 0.3 is 0 Å². The van der Waals surface area contributed by atoms with Crippen LogP contribution in [0.2, 0.25) is 0 Å². The summed E-state index contributed by atoms with van der Waals surface area (Å²) in [4.78, 5) is 12.3. The third-order valence-electron chi connectivity index (χ3n) is 2.39. The fourth-order valence-electron chi connectivity index (χ4n) is 1.50. The first kappa shape index (κ1) is 13.4. The van der Waals surface area contributed by atoms with Gasteiger partial charge in [-0.2, -0.15) is 0 Å². The van der Waals surface area contributed by atoms with Gasteiger partial charge in [-0.25, -0.2) is 4.39 Å². The van der Waals surface area contributed by atoms with Gasteiger partial charge in [0.05, 0.1) is 5.75 Å². The molecule has 0 aliphatic heterocycles. The second-order valence-electron chi connectivity index (χ2n) is 3.89. The Hall–Kier alpha value is -2.01. The second-order valence-corrected chi connectivity index (χ2v) is 4.90. The minimum Gasteiger partial charge on any atom is -0.398 e. The van der Waals surface area contributed by atoms with Crippen LogP contribution in [0.3, 0.4) is 0 Å². The van der Waals surface area contributed by atoms with Crippen molar-refractivity contribution in [3.8, 4) is 0 Å². The summed E-state index contributed by atoms with van der Waals surface area (Å²) in [7, 11) is 0. The number of nitrogens with one attached hydrogen (secondary N) is 1. The summed E-state index contributed by atoms with van der Waals surface area (Å²) in [6, 6.07) is 13.3. The number of carbonyl (C=O) groups excluding carboxylic acids is 1. The number of carbonyl (C=O) groups is 1. The van der Waals surface area contributed by atoms with Crippen LogP contribution in [0, 0.1) is 5.82 Å². The minimum atomic E-state index is -0.361. The minimum absolute atomic E-state index is 0.153. The third-order valence-corrected chi connectivity index (χ3v) is 3.46. The molecule has 2 aromatic carbocycles. The molecule has 3 N–H and O–H groups in total. The van der Waals surface area contributed by atoms with Crippen molar-refractivity contribution in [1.82, 2.24) is 0 Å². The number of amides is 1. The zero-order valence-corrected chi connectivity index (χ0v) is 10.9. The maximum atomic E-state index is 13.0. The predicted molar refractivity (Wildman–Crippen MR) is 76.6 cm³/mol. The number of hydrogen-bond acceptors (Lipinski definition) is 3. The van der Waals surface area contributed by atoms with Crippen molar-refractivity contribution in [2.45, 2.75) is 4.90 Å². The summed E-state index contributed by atoms with van der Waals surface area (Å²) in [6.45, 7) is 0. The number of halogens is 1. The van der Waals surface area contributed by atoms with Crippen LogP contribution >= 0.6 is 11.8 Å². The molecule has 2 aromatic rings. The number of rotatable bonds is 4. The van der Waals surface area contributed by atoms with E-state index < -0.39 is 0 Å². The zero-order valence-electron chi connectivity index (χ0n) is 10.1. The summed E-state index contributed by atoms with van der Waals surface area (Å²) < 4.78 is 13.0. The molecule has 5 heteroatoms. The Labute approximate surface area is 115 Å². The molecule has 0 fully saturated rings. The predicted octanol–water partition coefficient (Wildman–Crippen LogP) is 3.14. The first-order valence-corrected chi connectivity index (χ1v) is 6.66. The van der Waals surface area contributed by atoms with Gasteiger partial charge in [0.1, 0.15) is 5.82 Å². The first-order chi connectivity index (χ1) is 9.15. The monoisotopic (exact) mass is 276 g/mol. The van der Waals surface area contributed by atoms with Crippen LogP contribution in [0.5, 0.6) is 0 Å². The number of thioether (sulfide) groups is 1. The van der Waals surface area contributed by atoms with E-state index in [1.807, 2.05) is 18.2 Å². The van der Waals surface area contributed by atoms with Gasteiger partial charge in [-0.15, -0.1) is 11.8 Å². The highest BCUT2D eigenvalue weighted by atomic mass is 32.2. The molecule has 0 bridgehead atoms. The van der Waals surface area contributed by atoms with E-state index in [1.54, 1.807) is 12.1 Å². The van der Waals surface area contributed by atoms with Crippen molar-refractivity contribution in [3.63, 3.8) is 0 Å². The fourth-order valence-corrected chi connectivity index (χ4v) is 2.28. The van der Waals surface area contributed by atoms with Gasteiger partial charge in [0.15, 0.2) is 0 Å². The lowest BCUT2D eigenvalue weighted by atomic mass is 10.3. The van der Waals surface area contributed by atoms with Crippen LogP contribution in [-0.4, -0.2) is 11.7 Å². The highest BCUT2D eigenvalue weighted by molar-refractivity contribution is 8.00. The van der Waals surface area contributed by atoms with Gasteiger partial charge in [-0.05, 0) is 30.3 Å². The van der Waals surface area contributed by atoms with E-state index in [9.17, 15) is 9.18 Å². The maximum absolute atomic E-state index is 13.0. The molecule has 0 aliphatic rings. The van der Waals surface area contributed by atoms with E-state index in [0.717, 1.165) is 5.69 Å². The molecule has 0 aliphatic carbocycles. The molecule has 19 heavy (non-hydrogen) atoms. The number of nitrogen functional groups attached to an aromatic ring is 1. The number of benzene rings is 2. The number of hydrogen-bond donors (Lipinski definition) is 2. The lowest BCUT2D eigenvalue weighted by Crippen LogP contribution is -2.13. The number of nitrogens with two attached hydrogens (primary N) is 1. The van der Waals surface area contributed by atoms with Crippen molar-refractivity contribution >= 4 is 29.0 Å². The average Bonchev–Trinajstić information content (AvgIpc) is 2.41. The van der Waals surface area contributed by atoms with Crippen molar-refractivity contribution in [2.24, 2.45) is 0 Å². The molecule has 1 amide bonds. The molecule has 0 spiro atoms. The van der Waals surface area contributed by atoms with Gasteiger partial charge in [0, 0.05) is 16.3 Å². The molecular formula is C14H13FN2OS. The van der Waals surface area contributed by atoms with Gasteiger partial charge in [-0.3, -0.25) is 4.79 Å². The molecule has 98 valence electrons. The molecular weight excluding hydrogens is 263 g/mol. The normalized spacial score (nSPS) is 10.2. The Bertz CT molecular complexity index is 575. The molecule has 0 saturated heterocycles. The highest BCUT2D eigenvalue weighted by Crippen LogP contribution is 2.25. The fraction of sp³-hybridized carbons (Fsp3) is 0.0714. The average molecular weight is 276 g/mol. The molecule has 0 unspecified atom stereocenters. The Kier molecular flexibility index (Phi) is 4.41. The lowest BCUT2D eigenvalue weighted by molar-refractivity contribution is -0.113. The standard InChI is InChI=1S/C14H13FN2OS/c15-10-6-7-12(16)13(8-10)19-9-14(18)17-11-4-2-1-3-5-11/h1-8H,9,16H2,(H,17,18). The molecule has 3 nitrogen and oxygen atoms in total. The van der Waals surface area contributed by atoms with Crippen molar-refractivity contribution < 1.29 is 9.18 Å². The van der Waals surface area contributed by atoms with E-state index in [0.29, 0.717) is 10.6 Å². The van der Waals surface area contributed by atoms with Crippen LogP contribution in [0.1, 0.15) is 0 Å². The van der Waals surface area contributed by atoms with Crippen LogP contribution in [0.15, 0.2) is 53.4 Å². The molecule has 0 atom stereocenters. The summed E-state index contributed by atoms with van der Waals surface area (Å²) >= 11 is 1.21. The van der Waals surface area contributed by atoms with Crippen LogP contribution < -0.4 is 11.1 Å². The quantitative estimate of drug-likeness (QED) is 0.666. The molecule has 0 radical (unpaired) electrons. The van der Waals surface area contributed by atoms with Gasteiger partial charge in [0.25, 0.3) is 0 Å². The first-order valence-electron chi connectivity index (χ1n) is 5.68. The van der Waals surface area contributed by atoms with E-state index in [-0.39, 0.29) is 17.5 Å². The van der Waals surface area contributed by atoms with Crippen molar-refractivity contribution in [3.05, 3.63) is 54.3 Å². The summed E-state index contributed by atoms with van der Waals surface area (Å²) in [6.07, 6.45) is 0. The smallest absolute Gasteiger partial charge is 0.234 e. The lowest BCUT2D eigenvalue weighted by Gasteiger charge is -2.06. The van der Waals surface area contributed by atoms with E-state index in [1.165, 1.54) is 30.0 Å². The Morgan fingerprint density at radius 1 is 1.21 bits per heavy atom. The van der Waals surface area contributed by atoms with E-state index in [2.05, 4.69) is 5.32 Å². The summed E-state index contributed by atoms with van der Waals surface area (Å²) in [5.41, 5.74) is 6.92. The third kappa shape index (κ3) is 3.99. The van der Waals surface area contributed by atoms with Crippen LogP contribution in [0.25, 0.3) is 0 Å². The Morgan fingerprint density at radius 3 is 2.68 bits per heavy atom. The van der Waals surface area contributed by atoms with Crippen LogP contribution in [-0.2, 0) is 4.79 Å². The zero-order chi connectivity index (χ0) is 13.7. The molecule has 0 saturated carbocycles. The molecule has 0 aromatic heterocycles. The highest BCUT2D eigenvalue weighted by Gasteiger charge is 2.06. The van der Waals surface area contributed by atoms with Crippen molar-refractivity contribution in [2.75, 3.05) is 16.8 Å². The Balaban J connectivity index is 1.92. The van der Waals surface area contributed by atoms with E-state index >= 15 is 0 Å². The van der Waals surface area contributed by atoms with E-state index in [4.69, 9.17) is 5.73 Å². The summed E-state index contributed by atoms with van der Waals surface area (Å²) in [5, 5.41) is 2.75. The largest absolute Gasteiger partial charge is 0.398 e. The van der Waals surface area contributed by atoms with Gasteiger partial charge in [0.2, 0.25) is 5.91 Å². The topological polar surface area (TPSA) is 55.1 Å². The molecule has 0 heterocycles. The maximum Gasteiger partial charge on any atom is 0.234 e. The SMILES string of the molecule is Nc1ccc(F)cc1SCC(=O)Nc1ccccc1. The van der Waals surface area contributed by atoms with Gasteiger partial charge < -0.3 is 11.1 Å². The van der Waals surface area contributed by atoms with Gasteiger partial charge in [-0.1, -0.05) is 18.2 Å². The number of para-hydroxylation sites is 1. The second kappa shape index (κ2) is 6.24. The molecule has 2 rings (SSSR count). The summed E-state index contributed by atoms with van der Waals surface area (Å²) in [5.74, 6) is -0.331. The van der Waals surface area contributed by atoms with Crippen LogP contribution in [0.4, 0.5) is 15.8 Å². The number of anilines is 2.